The zero-order valence-electron chi connectivity index (χ0n) is 11.3. The van der Waals surface area contributed by atoms with E-state index in [1.165, 1.54) is 0 Å². The van der Waals surface area contributed by atoms with Gasteiger partial charge in [0.25, 0.3) is 0 Å². The van der Waals surface area contributed by atoms with Crippen LogP contribution in [0.15, 0.2) is 12.3 Å². The molecule has 111 valence electrons. The van der Waals surface area contributed by atoms with Gasteiger partial charge in [-0.3, -0.25) is 14.6 Å². The fraction of sp³-hybridized carbons (Fsp3) is 0.364. The Morgan fingerprint density at radius 1 is 1.24 bits per heavy atom. The van der Waals surface area contributed by atoms with Gasteiger partial charge in [0.1, 0.15) is 0 Å². The van der Waals surface area contributed by atoms with Crippen LogP contribution in [0.4, 0.5) is 13.2 Å². The van der Waals surface area contributed by atoms with Crippen LogP contribution in [-0.4, -0.2) is 82.5 Å². The molecule has 0 aromatic carbocycles. The van der Waals surface area contributed by atoms with E-state index in [9.17, 15) is 22.8 Å². The van der Waals surface area contributed by atoms with Crippen LogP contribution in [0.3, 0.4) is 0 Å². The minimum absolute atomic E-state index is 0. The minimum atomic E-state index is -4.64. The molecule has 1 radical (unpaired) electrons. The molecule has 21 heavy (non-hydrogen) atoms. The summed E-state index contributed by atoms with van der Waals surface area (Å²) in [5.41, 5.74) is -1.46. The van der Waals surface area contributed by atoms with Gasteiger partial charge in [0.2, 0.25) is 0 Å². The van der Waals surface area contributed by atoms with E-state index in [0.29, 0.717) is 12.3 Å². The van der Waals surface area contributed by atoms with E-state index in [1.807, 2.05) is 0 Å². The number of halogens is 4. The molecule has 1 heterocycles. The zero-order valence-corrected chi connectivity index (χ0v) is 15.2. The number of hydrogen-bond acceptors (Lipinski definition) is 5. The van der Waals surface area contributed by atoms with Crippen LogP contribution in [0, 0.1) is 0 Å². The van der Waals surface area contributed by atoms with Crippen molar-refractivity contribution in [2.24, 2.45) is 0 Å². The Balaban J connectivity index is 0.00000400. The molecule has 0 aliphatic carbocycles. The average molecular weight is 351 g/mol. The number of nitrogens with zero attached hydrogens (tertiary/aromatic N) is 1. The van der Waals surface area contributed by atoms with Crippen LogP contribution < -0.4 is 0 Å². The summed E-state index contributed by atoms with van der Waals surface area (Å²) in [6, 6.07) is 0.572. The molecule has 0 saturated heterocycles. The van der Waals surface area contributed by atoms with Crippen LogP contribution in [0.2, 0.25) is 5.02 Å². The van der Waals surface area contributed by atoms with Gasteiger partial charge in [-0.05, 0) is 6.07 Å². The Morgan fingerprint density at radius 2 is 1.71 bits per heavy atom. The van der Waals surface area contributed by atoms with E-state index in [1.54, 1.807) is 0 Å². The molecule has 0 saturated carbocycles. The van der Waals surface area contributed by atoms with Crippen LogP contribution in [0.1, 0.15) is 17.2 Å². The van der Waals surface area contributed by atoms with E-state index >= 15 is 0 Å². The molecule has 1 aromatic rings. The third-order valence-electron chi connectivity index (χ3n) is 2.34. The van der Waals surface area contributed by atoms with Crippen LogP contribution in [0.25, 0.3) is 0 Å². The van der Waals surface area contributed by atoms with Crippen molar-refractivity contribution in [2.45, 2.75) is 12.1 Å². The van der Waals surface area contributed by atoms with Crippen molar-refractivity contribution in [1.82, 2.24) is 4.98 Å². The van der Waals surface area contributed by atoms with Gasteiger partial charge in [-0.1, -0.05) is 11.6 Å². The molecule has 0 fully saturated rings. The van der Waals surface area contributed by atoms with Gasteiger partial charge in [-0.25, -0.2) is 0 Å². The summed E-state index contributed by atoms with van der Waals surface area (Å²) in [6.07, 6.45) is -4.17. The fourth-order valence-electron chi connectivity index (χ4n) is 1.37. The van der Waals surface area contributed by atoms with Crippen molar-refractivity contribution in [1.29, 1.82) is 0 Å². The zero-order chi connectivity index (χ0) is 15.5. The molecule has 10 heteroatoms. The number of rotatable bonds is 3. The summed E-state index contributed by atoms with van der Waals surface area (Å²) in [4.78, 5) is 26.4. The van der Waals surface area contributed by atoms with Crippen molar-refractivity contribution in [2.75, 3.05) is 14.2 Å². The molecular formula is C11H9ClF3KNO4. The summed E-state index contributed by atoms with van der Waals surface area (Å²) in [7, 11) is 2.02. The maximum Gasteiger partial charge on any atom is 0.417 e. The number of ether oxygens (including phenoxy) is 2. The number of hydrogen-bond donors (Lipinski definition) is 0. The molecule has 0 aliphatic heterocycles. The number of carbonyl (C=O) groups is 2. The summed E-state index contributed by atoms with van der Waals surface area (Å²) < 4.78 is 46.2. The van der Waals surface area contributed by atoms with Gasteiger partial charge in [0, 0.05) is 57.6 Å². The Labute approximate surface area is 165 Å². The van der Waals surface area contributed by atoms with Crippen molar-refractivity contribution in [3.8, 4) is 0 Å². The summed E-state index contributed by atoms with van der Waals surface area (Å²) >= 11 is 5.65. The standard InChI is InChI=1S/C11H9ClF3NO4.K/c1-19-9(17)7(10(18)20-2)8-6(12)3-5(4-16-8)11(13,14)15;/h3-4,7H,1-2H3;. The van der Waals surface area contributed by atoms with Crippen molar-refractivity contribution in [3.05, 3.63) is 28.5 Å². The normalized spacial score (nSPS) is 10.8. The number of esters is 2. The Hall–Kier alpha value is -0.194. The second-order valence-electron chi connectivity index (χ2n) is 3.57. The van der Waals surface area contributed by atoms with Crippen LogP contribution >= 0.6 is 11.6 Å². The topological polar surface area (TPSA) is 65.5 Å². The van der Waals surface area contributed by atoms with E-state index in [4.69, 9.17) is 11.6 Å². The van der Waals surface area contributed by atoms with E-state index in [0.717, 1.165) is 14.2 Å². The van der Waals surface area contributed by atoms with Crippen LogP contribution in [-0.2, 0) is 25.2 Å². The van der Waals surface area contributed by atoms with Crippen molar-refractivity contribution >= 4 is 74.9 Å². The third-order valence-corrected chi connectivity index (χ3v) is 2.65. The predicted octanol–water partition coefficient (Wildman–Crippen LogP) is 1.80. The second-order valence-corrected chi connectivity index (χ2v) is 3.98. The number of pyridine rings is 1. The molecule has 5 nitrogen and oxygen atoms in total. The number of aromatic nitrogens is 1. The van der Waals surface area contributed by atoms with E-state index in [2.05, 4.69) is 14.5 Å². The minimum Gasteiger partial charge on any atom is -0.468 e. The quantitative estimate of drug-likeness (QED) is 0.472. The molecule has 0 N–H and O–H groups in total. The Bertz CT molecular complexity index is 523. The SMILES string of the molecule is COC(=O)C(C(=O)OC)c1ncc(C(F)(F)F)cc1Cl.[K]. The molecule has 0 amide bonds. The molecular weight excluding hydrogens is 342 g/mol. The summed E-state index contributed by atoms with van der Waals surface area (Å²) in [5.74, 6) is -3.71. The first-order valence-electron chi connectivity index (χ1n) is 5.10. The van der Waals surface area contributed by atoms with Gasteiger partial charge >= 0.3 is 18.1 Å². The monoisotopic (exact) mass is 350 g/mol. The first-order valence-corrected chi connectivity index (χ1v) is 5.48. The summed E-state index contributed by atoms with van der Waals surface area (Å²) in [6.45, 7) is 0. The van der Waals surface area contributed by atoms with E-state index < -0.39 is 34.6 Å². The third kappa shape index (κ3) is 5.18. The van der Waals surface area contributed by atoms with Gasteiger partial charge in [0.05, 0.1) is 30.5 Å². The first-order chi connectivity index (χ1) is 9.22. The van der Waals surface area contributed by atoms with Gasteiger partial charge in [0.15, 0.2) is 5.92 Å². The smallest absolute Gasteiger partial charge is 0.417 e. The fourth-order valence-corrected chi connectivity index (χ4v) is 1.65. The predicted molar refractivity (Wildman–Crippen MR) is 66.8 cm³/mol. The van der Waals surface area contributed by atoms with Gasteiger partial charge < -0.3 is 9.47 Å². The van der Waals surface area contributed by atoms with Crippen LogP contribution in [0.5, 0.6) is 0 Å². The van der Waals surface area contributed by atoms with Gasteiger partial charge in [-0.15, -0.1) is 0 Å². The van der Waals surface area contributed by atoms with E-state index in [-0.39, 0.29) is 57.1 Å². The Kier molecular flexibility index (Phi) is 8.36. The molecule has 1 rings (SSSR count). The number of methoxy groups -OCH3 is 2. The molecule has 0 aliphatic rings. The first kappa shape index (κ1) is 20.8. The van der Waals surface area contributed by atoms with Gasteiger partial charge in [-0.2, -0.15) is 13.2 Å². The number of carbonyl (C=O) groups excluding carboxylic acids is 2. The van der Waals surface area contributed by atoms with Crippen molar-refractivity contribution < 1.29 is 32.2 Å². The summed E-state index contributed by atoms with van der Waals surface area (Å²) in [5, 5.41) is -0.486. The maximum atomic E-state index is 12.5. The molecule has 0 unspecified atom stereocenters. The Morgan fingerprint density at radius 3 is 2.05 bits per heavy atom. The average Bonchev–Trinajstić information content (AvgIpc) is 2.38. The van der Waals surface area contributed by atoms with Crippen molar-refractivity contribution in [3.63, 3.8) is 0 Å². The molecule has 0 bridgehead atoms. The number of alkyl halides is 3. The molecule has 0 spiro atoms. The second kappa shape index (κ2) is 8.44. The largest absolute Gasteiger partial charge is 0.468 e. The molecule has 1 aromatic heterocycles. The molecule has 0 atom stereocenters. The maximum absolute atomic E-state index is 12.5.